The Hall–Kier alpha value is -2.14. The molecule has 1 aromatic heterocycles. The van der Waals surface area contributed by atoms with Crippen molar-refractivity contribution >= 4 is 11.6 Å². The van der Waals surface area contributed by atoms with Gasteiger partial charge < -0.3 is 10.1 Å². The highest BCUT2D eigenvalue weighted by molar-refractivity contribution is 6.04. The van der Waals surface area contributed by atoms with E-state index in [1.165, 1.54) is 0 Å². The van der Waals surface area contributed by atoms with Crippen LogP contribution in [0.2, 0.25) is 0 Å². The number of rotatable bonds is 4. The third-order valence-corrected chi connectivity index (χ3v) is 2.98. The van der Waals surface area contributed by atoms with Gasteiger partial charge in [-0.05, 0) is 24.6 Å². The summed E-state index contributed by atoms with van der Waals surface area (Å²) in [5, 5.41) is 6.93. The van der Waals surface area contributed by atoms with Crippen molar-refractivity contribution in [2.45, 2.75) is 13.5 Å². The van der Waals surface area contributed by atoms with Crippen molar-refractivity contribution < 1.29 is 9.53 Å². The first kappa shape index (κ1) is 13.3. The van der Waals surface area contributed by atoms with Crippen LogP contribution in [-0.4, -0.2) is 22.8 Å². The van der Waals surface area contributed by atoms with Crippen LogP contribution in [0.4, 0.5) is 5.69 Å². The van der Waals surface area contributed by atoms with Crippen molar-refractivity contribution in [1.82, 2.24) is 9.78 Å². The summed E-state index contributed by atoms with van der Waals surface area (Å²) in [5.74, 6) is -0.153. The number of methoxy groups -OCH3 is 1. The van der Waals surface area contributed by atoms with E-state index in [-0.39, 0.29) is 5.91 Å². The van der Waals surface area contributed by atoms with Gasteiger partial charge in [0.15, 0.2) is 0 Å². The zero-order valence-corrected chi connectivity index (χ0v) is 11.3. The number of benzene rings is 1. The molecule has 0 fully saturated rings. The van der Waals surface area contributed by atoms with Crippen LogP contribution in [0.3, 0.4) is 0 Å². The molecule has 1 N–H and O–H groups in total. The number of carbonyl (C=O) groups is 1. The van der Waals surface area contributed by atoms with Crippen LogP contribution in [0.15, 0.2) is 30.5 Å². The molecule has 0 aliphatic rings. The number of aryl methyl sites for hydroxylation is 1. The molecule has 5 nitrogen and oxygen atoms in total. The molecule has 0 spiro atoms. The van der Waals surface area contributed by atoms with E-state index in [9.17, 15) is 4.79 Å². The zero-order chi connectivity index (χ0) is 13.8. The second-order valence-electron chi connectivity index (χ2n) is 4.35. The Balaban J connectivity index is 2.15. The van der Waals surface area contributed by atoms with Crippen molar-refractivity contribution in [2.75, 3.05) is 12.4 Å². The van der Waals surface area contributed by atoms with Gasteiger partial charge >= 0.3 is 0 Å². The first-order chi connectivity index (χ1) is 9.11. The fraction of sp³-hybridized carbons (Fsp3) is 0.286. The number of nitrogens with one attached hydrogen (secondary N) is 1. The Labute approximate surface area is 112 Å². The van der Waals surface area contributed by atoms with E-state index in [1.807, 2.05) is 38.2 Å². The molecule has 1 heterocycles. The van der Waals surface area contributed by atoms with Gasteiger partial charge in [-0.2, -0.15) is 5.10 Å². The predicted molar refractivity (Wildman–Crippen MR) is 73.1 cm³/mol. The molecule has 0 atom stereocenters. The molecule has 0 saturated heterocycles. The van der Waals surface area contributed by atoms with Crippen LogP contribution in [0.1, 0.15) is 21.6 Å². The van der Waals surface area contributed by atoms with Gasteiger partial charge in [-0.1, -0.05) is 12.1 Å². The summed E-state index contributed by atoms with van der Waals surface area (Å²) in [6.45, 7) is 2.39. The van der Waals surface area contributed by atoms with E-state index < -0.39 is 0 Å². The summed E-state index contributed by atoms with van der Waals surface area (Å²) in [5.41, 5.74) is 3.19. The van der Waals surface area contributed by atoms with Gasteiger partial charge in [-0.25, -0.2) is 0 Å². The highest BCUT2D eigenvalue weighted by atomic mass is 16.5. The molecular formula is C14H17N3O2. The molecule has 2 aromatic rings. The standard InChI is InChI=1S/C14H17N3O2/c1-10-13(8-15-17(10)2)14(18)16-12-6-4-5-11(7-12)9-19-3/h4-8H,9H2,1-3H3,(H,16,18). The van der Waals surface area contributed by atoms with E-state index in [0.29, 0.717) is 12.2 Å². The van der Waals surface area contributed by atoms with E-state index in [1.54, 1.807) is 18.0 Å². The van der Waals surface area contributed by atoms with Crippen LogP contribution in [0.5, 0.6) is 0 Å². The van der Waals surface area contributed by atoms with Crippen molar-refractivity contribution in [3.63, 3.8) is 0 Å². The average molecular weight is 259 g/mol. The second-order valence-corrected chi connectivity index (χ2v) is 4.35. The van der Waals surface area contributed by atoms with Gasteiger partial charge in [0.05, 0.1) is 18.4 Å². The number of aromatic nitrogens is 2. The average Bonchev–Trinajstić information content (AvgIpc) is 2.71. The van der Waals surface area contributed by atoms with Gasteiger partial charge in [0, 0.05) is 25.5 Å². The number of anilines is 1. The van der Waals surface area contributed by atoms with Crippen molar-refractivity contribution in [3.05, 3.63) is 47.3 Å². The lowest BCUT2D eigenvalue weighted by Gasteiger charge is -2.07. The summed E-state index contributed by atoms with van der Waals surface area (Å²) < 4.78 is 6.75. The van der Waals surface area contributed by atoms with Gasteiger partial charge in [-0.3, -0.25) is 9.48 Å². The largest absolute Gasteiger partial charge is 0.380 e. The predicted octanol–water partition coefficient (Wildman–Crippen LogP) is 2.13. The van der Waals surface area contributed by atoms with Crippen LogP contribution in [-0.2, 0) is 18.4 Å². The third-order valence-electron chi connectivity index (χ3n) is 2.98. The maximum atomic E-state index is 12.1. The summed E-state index contributed by atoms with van der Waals surface area (Å²) >= 11 is 0. The van der Waals surface area contributed by atoms with Crippen molar-refractivity contribution in [3.8, 4) is 0 Å². The number of carbonyl (C=O) groups excluding carboxylic acids is 1. The smallest absolute Gasteiger partial charge is 0.259 e. The molecule has 0 radical (unpaired) electrons. The minimum absolute atomic E-state index is 0.153. The van der Waals surface area contributed by atoms with E-state index >= 15 is 0 Å². The lowest BCUT2D eigenvalue weighted by Crippen LogP contribution is -2.13. The SMILES string of the molecule is COCc1cccc(NC(=O)c2cnn(C)c2C)c1. The Morgan fingerprint density at radius 1 is 1.47 bits per heavy atom. The molecule has 0 saturated carbocycles. The van der Waals surface area contributed by atoms with Gasteiger partial charge in [0.2, 0.25) is 0 Å². The maximum absolute atomic E-state index is 12.1. The zero-order valence-electron chi connectivity index (χ0n) is 11.3. The van der Waals surface area contributed by atoms with Crippen LogP contribution >= 0.6 is 0 Å². The summed E-state index contributed by atoms with van der Waals surface area (Å²) in [4.78, 5) is 12.1. The molecule has 1 amide bonds. The number of amides is 1. The summed E-state index contributed by atoms with van der Waals surface area (Å²) in [6.07, 6.45) is 1.57. The maximum Gasteiger partial charge on any atom is 0.259 e. The quantitative estimate of drug-likeness (QED) is 0.915. The molecule has 0 unspecified atom stereocenters. The monoisotopic (exact) mass is 259 g/mol. The Kier molecular flexibility index (Phi) is 3.97. The topological polar surface area (TPSA) is 56.1 Å². The summed E-state index contributed by atoms with van der Waals surface area (Å²) in [6, 6.07) is 7.59. The lowest BCUT2D eigenvalue weighted by atomic mass is 10.2. The molecule has 0 aliphatic heterocycles. The van der Waals surface area contributed by atoms with Gasteiger partial charge in [0.1, 0.15) is 0 Å². The minimum Gasteiger partial charge on any atom is -0.380 e. The molecule has 100 valence electrons. The molecule has 19 heavy (non-hydrogen) atoms. The molecule has 0 aliphatic carbocycles. The molecular weight excluding hydrogens is 242 g/mol. The molecule has 0 bridgehead atoms. The third kappa shape index (κ3) is 3.00. The highest BCUT2D eigenvalue weighted by Gasteiger charge is 2.12. The Morgan fingerprint density at radius 3 is 2.89 bits per heavy atom. The number of nitrogens with zero attached hydrogens (tertiary/aromatic N) is 2. The normalized spacial score (nSPS) is 10.5. The van der Waals surface area contributed by atoms with Crippen LogP contribution < -0.4 is 5.32 Å². The van der Waals surface area contributed by atoms with E-state index in [2.05, 4.69) is 10.4 Å². The fourth-order valence-electron chi connectivity index (χ4n) is 1.83. The van der Waals surface area contributed by atoms with Gasteiger partial charge in [-0.15, -0.1) is 0 Å². The van der Waals surface area contributed by atoms with Crippen LogP contribution in [0.25, 0.3) is 0 Å². The fourth-order valence-corrected chi connectivity index (χ4v) is 1.83. The number of hydrogen-bond donors (Lipinski definition) is 1. The Morgan fingerprint density at radius 2 is 2.26 bits per heavy atom. The van der Waals surface area contributed by atoms with Crippen molar-refractivity contribution in [2.24, 2.45) is 7.05 Å². The molecule has 1 aromatic carbocycles. The first-order valence-electron chi connectivity index (χ1n) is 5.99. The Bertz CT molecular complexity index is 590. The van der Waals surface area contributed by atoms with Gasteiger partial charge in [0.25, 0.3) is 5.91 Å². The number of ether oxygens (including phenoxy) is 1. The number of hydrogen-bond acceptors (Lipinski definition) is 3. The summed E-state index contributed by atoms with van der Waals surface area (Å²) in [7, 11) is 3.45. The first-order valence-corrected chi connectivity index (χ1v) is 5.99. The van der Waals surface area contributed by atoms with E-state index in [4.69, 9.17) is 4.74 Å². The van der Waals surface area contributed by atoms with Crippen LogP contribution in [0, 0.1) is 6.92 Å². The molecule has 2 rings (SSSR count). The second kappa shape index (κ2) is 5.67. The van der Waals surface area contributed by atoms with E-state index in [0.717, 1.165) is 16.9 Å². The molecule has 5 heteroatoms. The minimum atomic E-state index is -0.153. The highest BCUT2D eigenvalue weighted by Crippen LogP contribution is 2.14. The lowest BCUT2D eigenvalue weighted by molar-refractivity contribution is 0.102. The van der Waals surface area contributed by atoms with Crippen molar-refractivity contribution in [1.29, 1.82) is 0 Å².